The zero-order valence-corrected chi connectivity index (χ0v) is 12.4. The average molecular weight is 274 g/mol. The molecule has 2 atom stereocenters. The number of nitrogens with zero attached hydrogens (tertiary/aromatic N) is 2. The van der Waals surface area contributed by atoms with Crippen LogP contribution in [0.5, 0.6) is 0 Å². The Morgan fingerprint density at radius 2 is 1.50 bits per heavy atom. The minimum atomic E-state index is -0.386. The van der Waals surface area contributed by atoms with Crippen LogP contribution in [0.3, 0.4) is 0 Å². The van der Waals surface area contributed by atoms with Gasteiger partial charge in [0.15, 0.2) is 0 Å². The lowest BCUT2D eigenvalue weighted by atomic mass is 9.97. The van der Waals surface area contributed by atoms with E-state index in [4.69, 9.17) is 0 Å². The van der Waals surface area contributed by atoms with Crippen molar-refractivity contribution in [2.45, 2.75) is 38.3 Å². The monoisotopic (exact) mass is 274 g/mol. The smallest absolute Gasteiger partial charge is 0.246 e. The fraction of sp³-hybridized carbons (Fsp3) is 0.500. The van der Waals surface area contributed by atoms with Crippen LogP contribution in [0.2, 0.25) is 0 Å². The summed E-state index contributed by atoms with van der Waals surface area (Å²) in [5.74, 6) is 0.0873. The van der Waals surface area contributed by atoms with Crippen LogP contribution in [0.4, 0.5) is 0 Å². The Labute approximate surface area is 120 Å². The molecule has 1 saturated heterocycles. The number of piperazine rings is 1. The van der Waals surface area contributed by atoms with E-state index < -0.39 is 0 Å². The summed E-state index contributed by atoms with van der Waals surface area (Å²) < 4.78 is 0. The Bertz CT molecular complexity index is 487. The van der Waals surface area contributed by atoms with Crippen molar-refractivity contribution in [3.05, 3.63) is 35.9 Å². The predicted molar refractivity (Wildman–Crippen MR) is 78.2 cm³/mol. The first-order valence-electron chi connectivity index (χ1n) is 7.13. The second-order valence-electron chi connectivity index (χ2n) is 5.41. The molecule has 0 radical (unpaired) electrons. The topological polar surface area (TPSA) is 40.6 Å². The first-order chi connectivity index (χ1) is 9.56. The lowest BCUT2D eigenvalue weighted by Gasteiger charge is -2.42. The van der Waals surface area contributed by atoms with Gasteiger partial charge in [-0.25, -0.2) is 0 Å². The van der Waals surface area contributed by atoms with Crippen molar-refractivity contribution in [2.24, 2.45) is 0 Å². The molecular weight excluding hydrogens is 252 g/mol. The molecule has 2 amide bonds. The molecule has 0 spiro atoms. The van der Waals surface area contributed by atoms with E-state index in [0.717, 1.165) is 18.4 Å². The molecule has 108 valence electrons. The van der Waals surface area contributed by atoms with Crippen molar-refractivity contribution in [3.63, 3.8) is 0 Å². The van der Waals surface area contributed by atoms with Gasteiger partial charge in [-0.05, 0) is 12.0 Å². The molecule has 4 nitrogen and oxygen atoms in total. The first kappa shape index (κ1) is 14.6. The molecular formula is C16H22N2O2. The Kier molecular flexibility index (Phi) is 4.42. The highest BCUT2D eigenvalue weighted by molar-refractivity contribution is 5.96. The van der Waals surface area contributed by atoms with Gasteiger partial charge in [0.1, 0.15) is 12.1 Å². The fourth-order valence-electron chi connectivity index (χ4n) is 2.76. The lowest BCUT2D eigenvalue weighted by molar-refractivity contribution is -0.158. The van der Waals surface area contributed by atoms with Crippen molar-refractivity contribution < 1.29 is 9.59 Å². The zero-order chi connectivity index (χ0) is 14.7. The predicted octanol–water partition coefficient (Wildman–Crippen LogP) is 1.70. The van der Waals surface area contributed by atoms with E-state index in [1.807, 2.05) is 37.3 Å². The molecule has 0 unspecified atom stereocenters. The quantitative estimate of drug-likeness (QED) is 0.838. The van der Waals surface area contributed by atoms with Crippen LogP contribution in [0.1, 0.15) is 25.3 Å². The SMILES string of the molecule is CCC[C@H]1C(=O)N(C)[C@@H](Cc2ccccc2)C(=O)N1C. The summed E-state index contributed by atoms with van der Waals surface area (Å²) >= 11 is 0. The standard InChI is InChI=1S/C16H22N2O2/c1-4-8-13-15(19)18(3)14(16(20)17(13)2)11-12-9-6-5-7-10-12/h5-7,9-10,13-14H,4,8,11H2,1-3H3/t13-,14-/m0/s1. The molecule has 0 aliphatic carbocycles. The van der Waals surface area contributed by atoms with Gasteiger partial charge in [-0.3, -0.25) is 9.59 Å². The van der Waals surface area contributed by atoms with E-state index >= 15 is 0 Å². The number of carbonyl (C=O) groups is 2. The van der Waals surface area contributed by atoms with Gasteiger partial charge >= 0.3 is 0 Å². The second kappa shape index (κ2) is 6.07. The number of hydrogen-bond acceptors (Lipinski definition) is 2. The number of benzene rings is 1. The molecule has 1 aliphatic heterocycles. The Balaban J connectivity index is 2.18. The van der Waals surface area contributed by atoms with Crippen LogP contribution in [0.15, 0.2) is 30.3 Å². The molecule has 20 heavy (non-hydrogen) atoms. The maximum Gasteiger partial charge on any atom is 0.246 e. The molecule has 0 saturated carbocycles. The van der Waals surface area contributed by atoms with Crippen molar-refractivity contribution in [1.82, 2.24) is 9.80 Å². The number of amides is 2. The molecule has 4 heteroatoms. The molecule has 0 bridgehead atoms. The Hall–Kier alpha value is -1.84. The van der Waals surface area contributed by atoms with E-state index in [-0.39, 0.29) is 23.9 Å². The summed E-state index contributed by atoms with van der Waals surface area (Å²) in [6, 6.07) is 9.15. The van der Waals surface area contributed by atoms with Crippen LogP contribution in [-0.4, -0.2) is 47.8 Å². The summed E-state index contributed by atoms with van der Waals surface area (Å²) in [5.41, 5.74) is 1.08. The van der Waals surface area contributed by atoms with E-state index in [2.05, 4.69) is 0 Å². The lowest BCUT2D eigenvalue weighted by Crippen LogP contribution is -2.62. The Morgan fingerprint density at radius 1 is 0.950 bits per heavy atom. The van der Waals surface area contributed by atoms with E-state index in [1.54, 1.807) is 23.9 Å². The highest BCUT2D eigenvalue weighted by Gasteiger charge is 2.41. The van der Waals surface area contributed by atoms with Crippen molar-refractivity contribution in [3.8, 4) is 0 Å². The van der Waals surface area contributed by atoms with Gasteiger partial charge in [-0.15, -0.1) is 0 Å². The average Bonchev–Trinajstić information content (AvgIpc) is 2.47. The highest BCUT2D eigenvalue weighted by atomic mass is 16.2. The molecule has 0 aromatic heterocycles. The number of carbonyl (C=O) groups excluding carboxylic acids is 2. The highest BCUT2D eigenvalue weighted by Crippen LogP contribution is 2.21. The van der Waals surface area contributed by atoms with Crippen molar-refractivity contribution >= 4 is 11.8 Å². The van der Waals surface area contributed by atoms with Crippen LogP contribution < -0.4 is 0 Å². The van der Waals surface area contributed by atoms with Gasteiger partial charge in [0.25, 0.3) is 0 Å². The maximum absolute atomic E-state index is 12.5. The van der Waals surface area contributed by atoms with Gasteiger partial charge in [0.2, 0.25) is 11.8 Å². The fourth-order valence-corrected chi connectivity index (χ4v) is 2.76. The number of likely N-dealkylation sites (N-methyl/N-ethyl adjacent to an activating group) is 2. The molecule has 1 fully saturated rings. The second-order valence-corrected chi connectivity index (χ2v) is 5.41. The van der Waals surface area contributed by atoms with Gasteiger partial charge < -0.3 is 9.80 Å². The number of hydrogen-bond donors (Lipinski definition) is 0. The van der Waals surface area contributed by atoms with Crippen LogP contribution in [0, 0.1) is 0 Å². The van der Waals surface area contributed by atoms with Crippen molar-refractivity contribution in [1.29, 1.82) is 0 Å². The third kappa shape index (κ3) is 2.69. The zero-order valence-electron chi connectivity index (χ0n) is 12.4. The first-order valence-corrected chi connectivity index (χ1v) is 7.13. The molecule has 1 aromatic carbocycles. The summed E-state index contributed by atoms with van der Waals surface area (Å²) in [7, 11) is 3.48. The normalized spacial score (nSPS) is 23.4. The molecule has 0 N–H and O–H groups in total. The maximum atomic E-state index is 12.5. The molecule has 1 heterocycles. The van der Waals surface area contributed by atoms with Crippen LogP contribution in [-0.2, 0) is 16.0 Å². The van der Waals surface area contributed by atoms with Crippen LogP contribution >= 0.6 is 0 Å². The van der Waals surface area contributed by atoms with Gasteiger partial charge in [0.05, 0.1) is 0 Å². The van der Waals surface area contributed by atoms with Crippen molar-refractivity contribution in [2.75, 3.05) is 14.1 Å². The third-order valence-corrected chi connectivity index (χ3v) is 4.03. The summed E-state index contributed by atoms with van der Waals surface area (Å²) in [6.07, 6.45) is 2.19. The summed E-state index contributed by atoms with van der Waals surface area (Å²) in [6.45, 7) is 2.03. The van der Waals surface area contributed by atoms with E-state index in [9.17, 15) is 9.59 Å². The van der Waals surface area contributed by atoms with E-state index in [0.29, 0.717) is 6.42 Å². The minimum absolute atomic E-state index is 0.0365. The summed E-state index contributed by atoms with van der Waals surface area (Å²) in [5, 5.41) is 0. The third-order valence-electron chi connectivity index (χ3n) is 4.03. The molecule has 1 aromatic rings. The minimum Gasteiger partial charge on any atom is -0.332 e. The van der Waals surface area contributed by atoms with Gasteiger partial charge in [-0.1, -0.05) is 43.7 Å². The largest absolute Gasteiger partial charge is 0.332 e. The van der Waals surface area contributed by atoms with E-state index in [1.165, 1.54) is 0 Å². The molecule has 1 aliphatic rings. The summed E-state index contributed by atoms with van der Waals surface area (Å²) in [4.78, 5) is 28.2. The number of rotatable bonds is 4. The Morgan fingerprint density at radius 3 is 2.10 bits per heavy atom. The van der Waals surface area contributed by atoms with Crippen LogP contribution in [0.25, 0.3) is 0 Å². The van der Waals surface area contributed by atoms with Gasteiger partial charge in [0, 0.05) is 20.5 Å². The molecule has 2 rings (SSSR count). The van der Waals surface area contributed by atoms with Gasteiger partial charge in [-0.2, -0.15) is 0 Å².